The van der Waals surface area contributed by atoms with Crippen LogP contribution in [0.3, 0.4) is 0 Å². The molecule has 4 bridgehead atoms. The van der Waals surface area contributed by atoms with Gasteiger partial charge in [0.05, 0.1) is 5.69 Å². The van der Waals surface area contributed by atoms with Crippen LogP contribution in [-0.2, 0) is 11.3 Å². The zero-order valence-corrected chi connectivity index (χ0v) is 17.8. The predicted molar refractivity (Wildman–Crippen MR) is 117 cm³/mol. The van der Waals surface area contributed by atoms with Gasteiger partial charge in [0.2, 0.25) is 5.91 Å². The van der Waals surface area contributed by atoms with Gasteiger partial charge in [-0.2, -0.15) is 5.10 Å². The maximum Gasteiger partial charge on any atom is 0.242 e. The average Bonchev–Trinajstić information content (AvgIpc) is 3.02. The number of halogens is 1. The van der Waals surface area contributed by atoms with Crippen molar-refractivity contribution in [1.29, 1.82) is 0 Å². The summed E-state index contributed by atoms with van der Waals surface area (Å²) in [5.41, 5.74) is 3.38. The molecule has 1 N–H and O–H groups in total. The molecule has 0 saturated heterocycles. The number of fused-ring (bicyclic) bond motifs is 1. The van der Waals surface area contributed by atoms with E-state index < -0.39 is 0 Å². The van der Waals surface area contributed by atoms with Crippen LogP contribution in [0.15, 0.2) is 36.5 Å². The molecule has 0 aliphatic heterocycles. The molecule has 31 heavy (non-hydrogen) atoms. The molecule has 0 atom stereocenters. The molecule has 7 rings (SSSR count). The third-order valence-corrected chi connectivity index (χ3v) is 7.70. The molecule has 0 spiro atoms. The van der Waals surface area contributed by atoms with E-state index in [9.17, 15) is 9.18 Å². The van der Waals surface area contributed by atoms with E-state index in [0.717, 1.165) is 59.2 Å². The van der Waals surface area contributed by atoms with Gasteiger partial charge in [-0.3, -0.25) is 4.79 Å². The summed E-state index contributed by atoms with van der Waals surface area (Å²) in [4.78, 5) is 17.6. The number of nitrogens with one attached hydrogen (secondary N) is 1. The van der Waals surface area contributed by atoms with Crippen LogP contribution in [0.2, 0.25) is 0 Å². The van der Waals surface area contributed by atoms with Crippen molar-refractivity contribution in [3.8, 4) is 11.1 Å². The van der Waals surface area contributed by atoms with Gasteiger partial charge in [0.15, 0.2) is 5.65 Å². The first-order valence-electron chi connectivity index (χ1n) is 11.4. The summed E-state index contributed by atoms with van der Waals surface area (Å²) in [5, 5.41) is 8.99. The molecule has 1 amide bonds. The Morgan fingerprint density at radius 2 is 1.74 bits per heavy atom. The van der Waals surface area contributed by atoms with E-state index in [4.69, 9.17) is 0 Å². The van der Waals surface area contributed by atoms with Crippen molar-refractivity contribution in [2.24, 2.45) is 17.8 Å². The van der Waals surface area contributed by atoms with Crippen molar-refractivity contribution < 1.29 is 9.18 Å². The van der Waals surface area contributed by atoms with Crippen molar-refractivity contribution in [3.05, 3.63) is 48.0 Å². The maximum absolute atomic E-state index is 13.4. The van der Waals surface area contributed by atoms with Crippen LogP contribution in [-0.4, -0.2) is 26.2 Å². The summed E-state index contributed by atoms with van der Waals surface area (Å²) in [7, 11) is 0. The molecule has 1 aromatic carbocycles. The Labute approximate surface area is 181 Å². The highest BCUT2D eigenvalue weighted by Gasteiger charge is 2.51. The van der Waals surface area contributed by atoms with E-state index >= 15 is 0 Å². The second kappa shape index (κ2) is 6.87. The summed E-state index contributed by atoms with van der Waals surface area (Å²) < 4.78 is 15.1. The average molecular weight is 419 g/mol. The lowest BCUT2D eigenvalue weighted by Crippen LogP contribution is -2.60. The van der Waals surface area contributed by atoms with Gasteiger partial charge in [0, 0.05) is 17.1 Å². The molecule has 0 radical (unpaired) electrons. The number of aryl methyl sites for hydroxylation is 1. The molecule has 6 heteroatoms. The van der Waals surface area contributed by atoms with E-state index in [-0.39, 0.29) is 23.8 Å². The number of carbonyl (C=O) groups is 1. The third kappa shape index (κ3) is 3.24. The molecule has 4 fully saturated rings. The summed E-state index contributed by atoms with van der Waals surface area (Å²) in [6.45, 7) is 2.11. The molecular weight excluding hydrogens is 391 g/mol. The molecule has 4 aliphatic carbocycles. The zero-order chi connectivity index (χ0) is 21.2. The first-order chi connectivity index (χ1) is 15.0. The number of benzene rings is 1. The minimum absolute atomic E-state index is 0.00344. The highest BCUT2D eigenvalue weighted by molar-refractivity contribution is 5.95. The Balaban J connectivity index is 1.28. The second-order valence-electron chi connectivity index (χ2n) is 10.1. The monoisotopic (exact) mass is 418 g/mol. The van der Waals surface area contributed by atoms with Crippen molar-refractivity contribution >= 4 is 16.9 Å². The normalized spacial score (nSPS) is 28.9. The van der Waals surface area contributed by atoms with Crippen molar-refractivity contribution in [2.45, 2.75) is 57.5 Å². The summed E-state index contributed by atoms with van der Waals surface area (Å²) in [5.74, 6) is 2.14. The van der Waals surface area contributed by atoms with Crippen LogP contribution in [0.5, 0.6) is 0 Å². The number of aromatic nitrogens is 3. The smallest absolute Gasteiger partial charge is 0.242 e. The fourth-order valence-corrected chi connectivity index (χ4v) is 7.00. The van der Waals surface area contributed by atoms with E-state index in [0.29, 0.717) is 5.65 Å². The first kappa shape index (κ1) is 19.0. The maximum atomic E-state index is 13.4. The number of amides is 1. The summed E-state index contributed by atoms with van der Waals surface area (Å²) >= 11 is 0. The number of carbonyl (C=O) groups excluding carboxylic acids is 1. The van der Waals surface area contributed by atoms with Gasteiger partial charge in [-0.25, -0.2) is 14.1 Å². The first-order valence-corrected chi connectivity index (χ1v) is 11.4. The molecule has 2 aromatic heterocycles. The second-order valence-corrected chi connectivity index (χ2v) is 10.1. The van der Waals surface area contributed by atoms with Gasteiger partial charge in [0.25, 0.3) is 0 Å². The van der Waals surface area contributed by atoms with Crippen molar-refractivity contribution in [3.63, 3.8) is 0 Å². The molecule has 3 aromatic rings. The fraction of sp³-hybridized carbons (Fsp3) is 0.480. The van der Waals surface area contributed by atoms with E-state index in [1.165, 1.54) is 31.4 Å². The highest BCUT2D eigenvalue weighted by Crippen LogP contribution is 2.55. The van der Waals surface area contributed by atoms with Crippen molar-refractivity contribution in [1.82, 2.24) is 20.1 Å². The van der Waals surface area contributed by atoms with Gasteiger partial charge >= 0.3 is 0 Å². The van der Waals surface area contributed by atoms with E-state index in [2.05, 4.69) is 15.4 Å². The number of hydrogen-bond donors (Lipinski definition) is 1. The molecule has 5 nitrogen and oxygen atoms in total. The SMILES string of the molecule is Cc1nn(CC(=O)NC23CC4CC(CC(C4)C2)C3)c2nccc(-c3ccc(F)cc3)c12. The fourth-order valence-electron chi connectivity index (χ4n) is 7.00. The van der Waals surface area contributed by atoms with Gasteiger partial charge in [-0.15, -0.1) is 0 Å². The predicted octanol–water partition coefficient (Wildman–Crippen LogP) is 4.63. The number of hydrogen-bond acceptors (Lipinski definition) is 3. The molecule has 0 unspecified atom stereocenters. The van der Waals surface area contributed by atoms with E-state index in [1.54, 1.807) is 23.0 Å². The van der Waals surface area contributed by atoms with Crippen LogP contribution in [0.4, 0.5) is 4.39 Å². The Kier molecular flexibility index (Phi) is 4.20. The van der Waals surface area contributed by atoms with Crippen LogP contribution >= 0.6 is 0 Å². The van der Waals surface area contributed by atoms with Gasteiger partial charge in [0.1, 0.15) is 12.4 Å². The Morgan fingerprint density at radius 1 is 1.10 bits per heavy atom. The largest absolute Gasteiger partial charge is 0.349 e. The van der Waals surface area contributed by atoms with Crippen LogP contribution < -0.4 is 5.32 Å². The van der Waals surface area contributed by atoms with Crippen LogP contribution in [0.1, 0.15) is 44.2 Å². The number of rotatable bonds is 4. The summed E-state index contributed by atoms with van der Waals surface area (Å²) in [6.07, 6.45) is 9.20. The minimum atomic E-state index is -0.261. The molecule has 160 valence electrons. The minimum Gasteiger partial charge on any atom is -0.349 e. The third-order valence-electron chi connectivity index (χ3n) is 7.70. The number of pyridine rings is 1. The quantitative estimate of drug-likeness (QED) is 0.672. The lowest BCUT2D eigenvalue weighted by Gasteiger charge is -2.56. The molecule has 2 heterocycles. The number of nitrogens with zero attached hydrogens (tertiary/aromatic N) is 3. The van der Waals surface area contributed by atoms with Crippen molar-refractivity contribution in [2.75, 3.05) is 0 Å². The van der Waals surface area contributed by atoms with Gasteiger partial charge in [-0.1, -0.05) is 12.1 Å². The summed E-state index contributed by atoms with van der Waals surface area (Å²) in [6, 6.07) is 8.37. The van der Waals surface area contributed by atoms with Crippen LogP contribution in [0.25, 0.3) is 22.2 Å². The molecule has 4 saturated carbocycles. The Hall–Kier alpha value is -2.76. The Morgan fingerprint density at radius 3 is 2.39 bits per heavy atom. The van der Waals surface area contributed by atoms with Gasteiger partial charge in [-0.05, 0) is 92.5 Å². The zero-order valence-electron chi connectivity index (χ0n) is 17.8. The van der Waals surface area contributed by atoms with Gasteiger partial charge < -0.3 is 5.32 Å². The van der Waals surface area contributed by atoms with Crippen LogP contribution in [0, 0.1) is 30.5 Å². The molecule has 4 aliphatic rings. The van der Waals surface area contributed by atoms with E-state index in [1.807, 2.05) is 13.0 Å². The highest BCUT2D eigenvalue weighted by atomic mass is 19.1. The topological polar surface area (TPSA) is 59.8 Å². The lowest BCUT2D eigenvalue weighted by atomic mass is 9.53. The molecular formula is C25H27FN4O. The lowest BCUT2D eigenvalue weighted by molar-refractivity contribution is -0.127. The standard InChI is InChI=1S/C25H27FN4O/c1-15-23-21(19-2-4-20(26)5-3-19)6-7-27-24(23)30(29-15)14-22(31)28-25-11-16-8-17(12-25)10-18(9-16)13-25/h2-7,16-18H,8-14H2,1H3,(H,28,31). The Bertz CT molecular complexity index is 1130.